The first-order valence-corrected chi connectivity index (χ1v) is 11.5. The number of hydrogen-bond acceptors (Lipinski definition) is 6. The van der Waals surface area contributed by atoms with Crippen LogP contribution in [0.1, 0.15) is 45.5 Å². The van der Waals surface area contributed by atoms with Crippen molar-refractivity contribution < 1.29 is 9.66 Å². The Balaban J connectivity index is 2.07. The summed E-state index contributed by atoms with van der Waals surface area (Å²) in [4.78, 5) is 28.8. The van der Waals surface area contributed by atoms with Gasteiger partial charge in [-0.05, 0) is 36.1 Å². The molecule has 3 rings (SSSR count). The van der Waals surface area contributed by atoms with E-state index in [1.807, 2.05) is 33.8 Å². The van der Waals surface area contributed by atoms with Crippen molar-refractivity contribution in [2.75, 3.05) is 6.61 Å². The van der Waals surface area contributed by atoms with Crippen LogP contribution >= 0.6 is 27.5 Å². The molecule has 174 valence electrons. The number of aromatic nitrogens is 2. The van der Waals surface area contributed by atoms with Gasteiger partial charge in [-0.3, -0.25) is 14.9 Å². The van der Waals surface area contributed by atoms with E-state index in [2.05, 4.69) is 26.0 Å². The molecule has 0 saturated carbocycles. The number of aryl methyl sites for hydroxylation is 1. The fourth-order valence-corrected chi connectivity index (χ4v) is 3.70. The minimum atomic E-state index is -0.551. The second-order valence-electron chi connectivity index (χ2n) is 8.76. The molecule has 0 aliphatic carbocycles. The van der Waals surface area contributed by atoms with E-state index in [1.165, 1.54) is 23.0 Å². The van der Waals surface area contributed by atoms with Crippen LogP contribution in [0.25, 0.3) is 10.9 Å². The Bertz CT molecular complexity index is 1300. The lowest BCUT2D eigenvalue weighted by molar-refractivity contribution is -0.385. The Hall–Kier alpha value is -2.78. The summed E-state index contributed by atoms with van der Waals surface area (Å²) in [5.41, 5.74) is 0.143. The van der Waals surface area contributed by atoms with E-state index in [0.29, 0.717) is 28.7 Å². The molecule has 0 fully saturated rings. The van der Waals surface area contributed by atoms with Gasteiger partial charge in [0.15, 0.2) is 0 Å². The van der Waals surface area contributed by atoms with Gasteiger partial charge in [-0.15, -0.1) is 0 Å². The maximum absolute atomic E-state index is 13.1. The summed E-state index contributed by atoms with van der Waals surface area (Å²) in [6.45, 7) is 8.10. The van der Waals surface area contributed by atoms with E-state index in [-0.39, 0.29) is 34.0 Å². The third-order valence-corrected chi connectivity index (χ3v) is 5.34. The molecule has 3 aromatic rings. The SMILES string of the molecule is CCCc1nc2ccc(Br)cc2c(=O)n1N=Cc1cc(Cl)c(OCC(C)(C)C)c([N+](=O)[O-])c1. The fourth-order valence-electron chi connectivity index (χ4n) is 3.06. The molecule has 0 saturated heterocycles. The standard InChI is InChI=1S/C23H24BrClN4O4/c1-5-6-20-27-18-8-7-15(24)11-16(18)22(30)28(20)26-12-14-9-17(25)21(19(10-14)29(31)32)33-13-23(2,3)4/h7-12H,5-6,13H2,1-4H3. The van der Waals surface area contributed by atoms with Crippen LogP contribution < -0.4 is 10.3 Å². The molecule has 1 aromatic heterocycles. The van der Waals surface area contributed by atoms with Gasteiger partial charge >= 0.3 is 5.69 Å². The maximum Gasteiger partial charge on any atom is 0.313 e. The summed E-state index contributed by atoms with van der Waals surface area (Å²) in [6, 6.07) is 8.13. The van der Waals surface area contributed by atoms with Gasteiger partial charge in [0.05, 0.1) is 33.7 Å². The molecule has 0 aliphatic rings. The highest BCUT2D eigenvalue weighted by atomic mass is 79.9. The topological polar surface area (TPSA) is 99.6 Å². The van der Waals surface area contributed by atoms with Crippen molar-refractivity contribution in [1.82, 2.24) is 9.66 Å². The predicted octanol–water partition coefficient (Wildman–Crippen LogP) is 5.98. The highest BCUT2D eigenvalue weighted by molar-refractivity contribution is 9.10. The number of halogens is 2. The van der Waals surface area contributed by atoms with Crippen LogP contribution in [0.4, 0.5) is 5.69 Å². The highest BCUT2D eigenvalue weighted by Crippen LogP contribution is 2.36. The highest BCUT2D eigenvalue weighted by Gasteiger charge is 2.23. The number of fused-ring (bicyclic) bond motifs is 1. The average Bonchev–Trinajstić information content (AvgIpc) is 2.72. The first-order chi connectivity index (χ1) is 15.5. The lowest BCUT2D eigenvalue weighted by Crippen LogP contribution is -2.22. The zero-order valence-electron chi connectivity index (χ0n) is 18.8. The summed E-state index contributed by atoms with van der Waals surface area (Å²) >= 11 is 9.69. The lowest BCUT2D eigenvalue weighted by atomic mass is 9.99. The Morgan fingerprint density at radius 2 is 2.03 bits per heavy atom. The molecule has 0 unspecified atom stereocenters. The minimum absolute atomic E-state index is 0.00908. The molecule has 0 bridgehead atoms. The van der Waals surface area contributed by atoms with Gasteiger partial charge in [-0.2, -0.15) is 9.78 Å². The molecule has 33 heavy (non-hydrogen) atoms. The third-order valence-electron chi connectivity index (χ3n) is 4.56. The normalized spacial score (nSPS) is 11.9. The number of benzene rings is 2. The van der Waals surface area contributed by atoms with E-state index < -0.39 is 4.92 Å². The van der Waals surface area contributed by atoms with E-state index in [0.717, 1.165) is 10.9 Å². The quantitative estimate of drug-likeness (QED) is 0.210. The van der Waals surface area contributed by atoms with E-state index in [9.17, 15) is 14.9 Å². The van der Waals surface area contributed by atoms with Crippen LogP contribution in [0.2, 0.25) is 5.02 Å². The average molecular weight is 536 g/mol. The van der Waals surface area contributed by atoms with Gasteiger partial charge in [-0.1, -0.05) is 55.2 Å². The Morgan fingerprint density at radius 3 is 2.67 bits per heavy atom. The fraction of sp³-hybridized carbons (Fsp3) is 0.348. The molecule has 0 spiro atoms. The number of nitro groups is 1. The molecule has 8 nitrogen and oxygen atoms in total. The number of rotatable bonds is 7. The monoisotopic (exact) mass is 534 g/mol. The molecule has 0 amide bonds. The summed E-state index contributed by atoms with van der Waals surface area (Å²) < 4.78 is 7.63. The molecule has 2 aromatic carbocycles. The molecule has 0 radical (unpaired) electrons. The van der Waals surface area contributed by atoms with Crippen molar-refractivity contribution >= 4 is 50.3 Å². The Kier molecular flexibility index (Phi) is 7.54. The van der Waals surface area contributed by atoms with Crippen molar-refractivity contribution in [2.45, 2.75) is 40.5 Å². The van der Waals surface area contributed by atoms with Crippen molar-refractivity contribution in [3.8, 4) is 5.75 Å². The van der Waals surface area contributed by atoms with Gasteiger partial charge in [0, 0.05) is 22.5 Å². The van der Waals surface area contributed by atoms with Gasteiger partial charge in [0.1, 0.15) is 5.82 Å². The molecular formula is C23H24BrClN4O4. The summed E-state index contributed by atoms with van der Waals surface area (Å²) in [7, 11) is 0. The predicted molar refractivity (Wildman–Crippen MR) is 134 cm³/mol. The van der Waals surface area contributed by atoms with Crippen molar-refractivity contribution in [1.29, 1.82) is 0 Å². The van der Waals surface area contributed by atoms with Crippen molar-refractivity contribution in [2.24, 2.45) is 10.5 Å². The van der Waals surface area contributed by atoms with E-state index in [1.54, 1.807) is 12.1 Å². The Labute approximate surface area is 204 Å². The molecule has 1 heterocycles. The number of hydrogen-bond donors (Lipinski definition) is 0. The molecular weight excluding hydrogens is 512 g/mol. The van der Waals surface area contributed by atoms with Crippen LogP contribution in [-0.4, -0.2) is 27.4 Å². The first kappa shape index (κ1) is 24.9. The summed E-state index contributed by atoms with van der Waals surface area (Å²) in [6.07, 6.45) is 2.67. The molecule has 0 N–H and O–H groups in total. The van der Waals surface area contributed by atoms with E-state index >= 15 is 0 Å². The number of ether oxygens (including phenoxy) is 1. The first-order valence-electron chi connectivity index (χ1n) is 10.4. The van der Waals surface area contributed by atoms with Crippen molar-refractivity contribution in [3.05, 3.63) is 71.7 Å². The van der Waals surface area contributed by atoms with Crippen LogP contribution in [0.5, 0.6) is 5.75 Å². The second kappa shape index (κ2) is 10.0. The number of nitrogens with zero attached hydrogens (tertiary/aromatic N) is 4. The van der Waals surface area contributed by atoms with Crippen LogP contribution in [0.15, 0.2) is 44.7 Å². The third kappa shape index (κ3) is 5.97. The number of nitro benzene ring substituents is 1. The molecule has 0 atom stereocenters. The lowest BCUT2D eigenvalue weighted by Gasteiger charge is -2.19. The van der Waals surface area contributed by atoms with Crippen LogP contribution in [-0.2, 0) is 6.42 Å². The minimum Gasteiger partial charge on any atom is -0.485 e. The van der Waals surface area contributed by atoms with Crippen LogP contribution in [0.3, 0.4) is 0 Å². The maximum atomic E-state index is 13.1. The van der Waals surface area contributed by atoms with Crippen molar-refractivity contribution in [3.63, 3.8) is 0 Å². The van der Waals surface area contributed by atoms with Gasteiger partial charge in [0.2, 0.25) is 5.75 Å². The van der Waals surface area contributed by atoms with Crippen LogP contribution in [0, 0.1) is 15.5 Å². The summed E-state index contributed by atoms with van der Waals surface area (Å²) in [5, 5.41) is 16.5. The van der Waals surface area contributed by atoms with Gasteiger partial charge < -0.3 is 4.74 Å². The van der Waals surface area contributed by atoms with E-state index in [4.69, 9.17) is 16.3 Å². The Morgan fingerprint density at radius 1 is 1.30 bits per heavy atom. The zero-order valence-corrected chi connectivity index (χ0v) is 21.1. The largest absolute Gasteiger partial charge is 0.485 e. The smallest absolute Gasteiger partial charge is 0.313 e. The zero-order chi connectivity index (χ0) is 24.3. The second-order valence-corrected chi connectivity index (χ2v) is 10.1. The van der Waals surface area contributed by atoms with Gasteiger partial charge in [0.25, 0.3) is 5.56 Å². The molecule has 10 heteroatoms. The molecule has 0 aliphatic heterocycles. The van der Waals surface area contributed by atoms with Gasteiger partial charge in [-0.25, -0.2) is 4.98 Å². The summed E-state index contributed by atoms with van der Waals surface area (Å²) in [5.74, 6) is 0.508.